The topological polar surface area (TPSA) is 82.4 Å². The molecular weight excluding hydrogens is 383 g/mol. The lowest BCUT2D eigenvalue weighted by molar-refractivity contribution is -0.136. The third-order valence-corrected chi connectivity index (χ3v) is 6.43. The second kappa shape index (κ2) is 6.51. The van der Waals surface area contributed by atoms with Gasteiger partial charge in [0.2, 0.25) is 5.91 Å². The highest BCUT2D eigenvalue weighted by molar-refractivity contribution is 6.38. The van der Waals surface area contributed by atoms with Crippen LogP contribution < -0.4 is 10.6 Å². The number of likely N-dealkylation sites (tertiary alicyclic amines) is 1. The van der Waals surface area contributed by atoms with E-state index in [1.807, 2.05) is 9.80 Å². The van der Waals surface area contributed by atoms with Gasteiger partial charge in [-0.3, -0.25) is 9.59 Å². The molecule has 28 heavy (non-hydrogen) atoms. The Balaban J connectivity index is 1.77. The molecule has 2 fully saturated rings. The number of amides is 2. The van der Waals surface area contributed by atoms with E-state index in [1.54, 1.807) is 6.92 Å². The zero-order valence-corrected chi connectivity index (χ0v) is 16.4. The lowest BCUT2D eigenvalue weighted by Gasteiger charge is -2.58. The van der Waals surface area contributed by atoms with Gasteiger partial charge in [-0.05, 0) is 38.3 Å². The summed E-state index contributed by atoms with van der Waals surface area (Å²) in [4.78, 5) is 30.9. The smallest absolute Gasteiger partial charge is 0.250 e. The first-order valence-electron chi connectivity index (χ1n) is 9.28. The molecule has 2 aliphatic rings. The summed E-state index contributed by atoms with van der Waals surface area (Å²) in [6.07, 6.45) is 4.18. The maximum absolute atomic E-state index is 15.1. The highest BCUT2D eigenvalue weighted by Crippen LogP contribution is 2.45. The molecule has 0 unspecified atom stereocenters. The van der Waals surface area contributed by atoms with Crippen LogP contribution in [-0.2, 0) is 4.79 Å². The van der Waals surface area contributed by atoms with Crippen molar-refractivity contribution in [3.05, 3.63) is 40.8 Å². The summed E-state index contributed by atoms with van der Waals surface area (Å²) in [5, 5.41) is 0.829. The lowest BCUT2D eigenvalue weighted by atomic mass is 9.79. The Bertz CT molecular complexity index is 1010. The third kappa shape index (κ3) is 2.60. The SMILES string of the molecule is C=CC(=O)N1CCCCC12CN(c1c(F)cc(C(N)=O)c3[nH]c(C)c(Cl)c13)C2. The highest BCUT2D eigenvalue weighted by Gasteiger charge is 2.51. The first kappa shape index (κ1) is 18.8. The second-order valence-electron chi connectivity index (χ2n) is 7.66. The fraction of sp³-hybridized carbons (Fsp3) is 0.400. The third-order valence-electron chi connectivity index (χ3n) is 5.95. The number of primary amides is 1. The molecule has 2 aromatic rings. The summed E-state index contributed by atoms with van der Waals surface area (Å²) in [6, 6.07) is 1.16. The van der Waals surface area contributed by atoms with Crippen molar-refractivity contribution in [3.8, 4) is 0 Å². The Morgan fingerprint density at radius 1 is 1.39 bits per heavy atom. The van der Waals surface area contributed by atoms with Crippen LogP contribution >= 0.6 is 11.6 Å². The van der Waals surface area contributed by atoms with Gasteiger partial charge in [-0.2, -0.15) is 0 Å². The zero-order chi connectivity index (χ0) is 20.2. The Morgan fingerprint density at radius 2 is 2.11 bits per heavy atom. The molecule has 0 radical (unpaired) electrons. The molecule has 4 rings (SSSR count). The predicted octanol–water partition coefficient (Wildman–Crippen LogP) is 3.13. The number of aromatic nitrogens is 1. The first-order chi connectivity index (χ1) is 13.3. The van der Waals surface area contributed by atoms with Gasteiger partial charge < -0.3 is 20.5 Å². The number of fused-ring (bicyclic) bond motifs is 1. The average molecular weight is 405 g/mol. The monoisotopic (exact) mass is 404 g/mol. The molecule has 8 heteroatoms. The maximum Gasteiger partial charge on any atom is 0.250 e. The number of hydrogen-bond donors (Lipinski definition) is 2. The van der Waals surface area contributed by atoms with Gasteiger partial charge in [-0.25, -0.2) is 4.39 Å². The molecule has 3 N–H and O–H groups in total. The van der Waals surface area contributed by atoms with E-state index in [2.05, 4.69) is 11.6 Å². The molecule has 1 aromatic carbocycles. The van der Waals surface area contributed by atoms with Crippen LogP contribution in [0.4, 0.5) is 10.1 Å². The molecule has 2 aliphatic heterocycles. The van der Waals surface area contributed by atoms with Crippen molar-refractivity contribution in [2.75, 3.05) is 24.5 Å². The number of halogens is 2. The van der Waals surface area contributed by atoms with Crippen molar-refractivity contribution in [2.24, 2.45) is 5.73 Å². The van der Waals surface area contributed by atoms with E-state index in [0.29, 0.717) is 46.9 Å². The average Bonchev–Trinajstić information content (AvgIpc) is 2.93. The normalized spacial score (nSPS) is 18.4. The van der Waals surface area contributed by atoms with Gasteiger partial charge in [0.25, 0.3) is 5.91 Å². The van der Waals surface area contributed by atoms with Crippen LogP contribution in [0.15, 0.2) is 18.7 Å². The van der Waals surface area contributed by atoms with E-state index in [4.69, 9.17) is 17.3 Å². The number of aromatic amines is 1. The van der Waals surface area contributed by atoms with Crippen molar-refractivity contribution < 1.29 is 14.0 Å². The standard InChI is InChI=1S/C20H22ClFN4O2/c1-3-14(27)26-7-5-4-6-20(26)9-25(10-20)18-13(22)8-12(19(23)28)17-15(18)16(21)11(2)24-17/h3,8,24H,1,4-7,9-10H2,2H3,(H2,23,28). The van der Waals surface area contributed by atoms with Gasteiger partial charge in [0.05, 0.1) is 27.3 Å². The second-order valence-corrected chi connectivity index (χ2v) is 8.04. The minimum Gasteiger partial charge on any atom is -0.366 e. The maximum atomic E-state index is 15.1. The van der Waals surface area contributed by atoms with Gasteiger partial charge in [-0.1, -0.05) is 18.2 Å². The Labute approximate surface area is 167 Å². The van der Waals surface area contributed by atoms with E-state index >= 15 is 4.39 Å². The number of H-pyrrole nitrogens is 1. The zero-order valence-electron chi connectivity index (χ0n) is 15.6. The van der Waals surface area contributed by atoms with Crippen molar-refractivity contribution in [1.82, 2.24) is 9.88 Å². The van der Waals surface area contributed by atoms with Crippen LogP contribution in [0.5, 0.6) is 0 Å². The van der Waals surface area contributed by atoms with Crippen molar-refractivity contribution in [3.63, 3.8) is 0 Å². The number of carbonyl (C=O) groups is 2. The highest BCUT2D eigenvalue weighted by atomic mass is 35.5. The molecule has 6 nitrogen and oxygen atoms in total. The number of benzene rings is 1. The van der Waals surface area contributed by atoms with Crippen molar-refractivity contribution in [1.29, 1.82) is 0 Å². The van der Waals surface area contributed by atoms with Crippen LogP contribution in [0.3, 0.4) is 0 Å². The van der Waals surface area contributed by atoms with Gasteiger partial charge in [0.15, 0.2) is 0 Å². The molecule has 0 atom stereocenters. The Hall–Kier alpha value is -2.54. The van der Waals surface area contributed by atoms with Crippen molar-refractivity contribution in [2.45, 2.75) is 31.7 Å². The number of anilines is 1. The van der Waals surface area contributed by atoms with Crippen molar-refractivity contribution >= 4 is 40.0 Å². The van der Waals surface area contributed by atoms with Gasteiger partial charge >= 0.3 is 0 Å². The summed E-state index contributed by atoms with van der Waals surface area (Å²) >= 11 is 6.44. The molecular formula is C20H22ClFN4O2. The minimum atomic E-state index is -0.719. The largest absolute Gasteiger partial charge is 0.366 e. The fourth-order valence-electron chi connectivity index (χ4n) is 4.62. The van der Waals surface area contributed by atoms with Crippen LogP contribution in [0.2, 0.25) is 5.02 Å². The number of rotatable bonds is 3. The van der Waals surface area contributed by atoms with E-state index in [1.165, 1.54) is 6.08 Å². The molecule has 2 saturated heterocycles. The molecule has 148 valence electrons. The number of piperidine rings is 1. The van der Waals surface area contributed by atoms with E-state index in [-0.39, 0.29) is 17.0 Å². The number of nitrogens with one attached hydrogen (secondary N) is 1. The van der Waals surface area contributed by atoms with Gasteiger partial charge in [0, 0.05) is 30.7 Å². The fourth-order valence-corrected chi connectivity index (χ4v) is 4.85. The molecule has 1 aromatic heterocycles. The lowest BCUT2D eigenvalue weighted by Crippen LogP contribution is -2.72. The molecule has 2 amide bonds. The molecule has 0 aliphatic carbocycles. The minimum absolute atomic E-state index is 0.0719. The number of hydrogen-bond acceptors (Lipinski definition) is 3. The van der Waals surface area contributed by atoms with Crippen LogP contribution in [0.25, 0.3) is 10.9 Å². The number of nitrogens with zero attached hydrogens (tertiary/aromatic N) is 2. The number of aryl methyl sites for hydroxylation is 1. The summed E-state index contributed by atoms with van der Waals surface area (Å²) in [7, 11) is 0. The first-order valence-corrected chi connectivity index (χ1v) is 9.66. The summed E-state index contributed by atoms with van der Waals surface area (Å²) < 4.78 is 15.1. The van der Waals surface area contributed by atoms with E-state index in [0.717, 1.165) is 25.3 Å². The summed E-state index contributed by atoms with van der Waals surface area (Å²) in [5.41, 5.74) is 6.60. The van der Waals surface area contributed by atoms with Crippen LogP contribution in [0, 0.1) is 12.7 Å². The summed E-state index contributed by atoms with van der Waals surface area (Å²) in [6.45, 7) is 7.06. The van der Waals surface area contributed by atoms with E-state index < -0.39 is 11.7 Å². The number of nitrogens with two attached hydrogens (primary N) is 1. The molecule has 0 bridgehead atoms. The van der Waals surface area contributed by atoms with E-state index in [9.17, 15) is 9.59 Å². The Morgan fingerprint density at radius 3 is 2.75 bits per heavy atom. The molecule has 0 saturated carbocycles. The number of carbonyl (C=O) groups excluding carboxylic acids is 2. The quantitative estimate of drug-likeness (QED) is 0.771. The Kier molecular flexibility index (Phi) is 4.38. The van der Waals surface area contributed by atoms with Crippen LogP contribution in [0.1, 0.15) is 35.3 Å². The molecule has 3 heterocycles. The summed E-state index contributed by atoms with van der Waals surface area (Å²) in [5.74, 6) is -1.36. The van der Waals surface area contributed by atoms with Gasteiger partial charge in [-0.15, -0.1) is 0 Å². The van der Waals surface area contributed by atoms with Crippen LogP contribution in [-0.4, -0.2) is 46.9 Å². The molecule has 1 spiro atoms. The van der Waals surface area contributed by atoms with Gasteiger partial charge in [0.1, 0.15) is 5.82 Å². The predicted molar refractivity (Wildman–Crippen MR) is 107 cm³/mol.